The number of nitrogens with zero attached hydrogens (tertiary/aromatic N) is 2. The summed E-state index contributed by atoms with van der Waals surface area (Å²) in [7, 11) is 3.33. The predicted molar refractivity (Wildman–Crippen MR) is 150 cm³/mol. The van der Waals surface area contributed by atoms with Crippen molar-refractivity contribution in [3.05, 3.63) is 87.0 Å². The molecule has 0 bridgehead atoms. The second kappa shape index (κ2) is 11.1. The van der Waals surface area contributed by atoms with Crippen LogP contribution in [-0.2, 0) is 6.42 Å². The first-order valence-electron chi connectivity index (χ1n) is 12.6. The Morgan fingerprint density at radius 3 is 2.68 bits per heavy atom. The van der Waals surface area contributed by atoms with Crippen molar-refractivity contribution in [3.8, 4) is 17.5 Å². The first-order chi connectivity index (χ1) is 18.0. The zero-order valence-corrected chi connectivity index (χ0v) is 23.0. The largest absolute Gasteiger partial charge is 0.493 e. The van der Waals surface area contributed by atoms with Gasteiger partial charge in [0.05, 0.1) is 26.3 Å². The van der Waals surface area contributed by atoms with Crippen LogP contribution in [0.3, 0.4) is 0 Å². The van der Waals surface area contributed by atoms with Gasteiger partial charge in [-0.2, -0.15) is 0 Å². The van der Waals surface area contributed by atoms with Crippen molar-refractivity contribution in [1.82, 2.24) is 9.97 Å². The van der Waals surface area contributed by atoms with Crippen molar-refractivity contribution in [2.45, 2.75) is 38.0 Å². The molecular weight excluding hydrogens is 530 g/mol. The summed E-state index contributed by atoms with van der Waals surface area (Å²) in [5.41, 5.74) is 12.5. The molecule has 0 spiro atoms. The molecule has 7 heteroatoms. The fourth-order valence-electron chi connectivity index (χ4n) is 5.48. The van der Waals surface area contributed by atoms with E-state index >= 15 is 0 Å². The fourth-order valence-corrected chi connectivity index (χ4v) is 5.86. The summed E-state index contributed by atoms with van der Waals surface area (Å²) in [5, 5.41) is 1.04. The Balaban J connectivity index is 1.80. The Kier molecular flexibility index (Phi) is 7.63. The number of fused-ring (bicyclic) bond motifs is 2. The third-order valence-corrected chi connectivity index (χ3v) is 7.56. The molecule has 0 saturated heterocycles. The van der Waals surface area contributed by atoms with Crippen LogP contribution in [0.15, 0.2) is 59.1 Å². The summed E-state index contributed by atoms with van der Waals surface area (Å²) in [6, 6.07) is 18.9. The molecule has 192 valence electrons. The Morgan fingerprint density at radius 2 is 1.89 bits per heavy atom. The number of benzene rings is 2. The van der Waals surface area contributed by atoms with Gasteiger partial charge in [-0.3, -0.25) is 0 Å². The second-order valence-corrected chi connectivity index (χ2v) is 10.4. The highest BCUT2D eigenvalue weighted by molar-refractivity contribution is 9.10. The van der Waals surface area contributed by atoms with E-state index in [-0.39, 0.29) is 11.8 Å². The van der Waals surface area contributed by atoms with Crippen LogP contribution >= 0.6 is 15.9 Å². The number of aryl methyl sites for hydroxylation is 2. The van der Waals surface area contributed by atoms with Crippen LogP contribution in [0.25, 0.3) is 10.9 Å². The average Bonchev–Trinajstić information content (AvgIpc) is 2.92. The standard InChI is InChI=1S/C30H32BrN3O3/c1-18-14-20(17-27(33-18)35-2)23(11-12-32)28(24-8-4-6-19-7-5-13-37-29(19)24)25-16-21-15-22(31)9-10-26(21)34-30(25)36-3/h4,6,8-10,14-17,23,28H,5,7,11-13,32H2,1-3H3/t23-,28?/m0/s1. The third kappa shape index (κ3) is 5.15. The van der Waals surface area contributed by atoms with Crippen LogP contribution < -0.4 is 19.9 Å². The molecule has 2 aromatic heterocycles. The van der Waals surface area contributed by atoms with Crippen molar-refractivity contribution in [2.75, 3.05) is 27.4 Å². The van der Waals surface area contributed by atoms with Gasteiger partial charge in [-0.15, -0.1) is 0 Å². The zero-order valence-electron chi connectivity index (χ0n) is 21.5. The zero-order chi connectivity index (χ0) is 25.9. The summed E-state index contributed by atoms with van der Waals surface area (Å²) in [6.07, 6.45) is 2.77. The lowest BCUT2D eigenvalue weighted by molar-refractivity contribution is 0.282. The molecule has 2 atom stereocenters. The molecule has 6 nitrogen and oxygen atoms in total. The number of ether oxygens (including phenoxy) is 3. The highest BCUT2D eigenvalue weighted by Gasteiger charge is 2.33. The molecule has 37 heavy (non-hydrogen) atoms. The molecular formula is C30H32BrN3O3. The molecule has 1 aliphatic heterocycles. The Morgan fingerprint density at radius 1 is 1.03 bits per heavy atom. The van der Waals surface area contributed by atoms with E-state index in [0.29, 0.717) is 24.9 Å². The van der Waals surface area contributed by atoms with E-state index in [1.807, 2.05) is 25.1 Å². The maximum Gasteiger partial charge on any atom is 0.217 e. The minimum absolute atomic E-state index is 0.0120. The van der Waals surface area contributed by atoms with Gasteiger partial charge in [0, 0.05) is 38.7 Å². The van der Waals surface area contributed by atoms with Crippen molar-refractivity contribution in [3.63, 3.8) is 0 Å². The van der Waals surface area contributed by atoms with Crippen LogP contribution in [0.2, 0.25) is 0 Å². The van der Waals surface area contributed by atoms with Gasteiger partial charge in [0.15, 0.2) is 0 Å². The molecule has 0 aliphatic carbocycles. The van der Waals surface area contributed by atoms with Crippen molar-refractivity contribution in [1.29, 1.82) is 0 Å². The highest BCUT2D eigenvalue weighted by atomic mass is 79.9. The number of hydrogen-bond acceptors (Lipinski definition) is 6. The molecule has 3 heterocycles. The molecule has 4 aromatic rings. The van der Waals surface area contributed by atoms with E-state index in [2.05, 4.69) is 57.3 Å². The Hall–Kier alpha value is -3.16. The first-order valence-corrected chi connectivity index (χ1v) is 13.4. The topological polar surface area (TPSA) is 79.5 Å². The smallest absolute Gasteiger partial charge is 0.217 e. The maximum absolute atomic E-state index is 6.33. The molecule has 1 aliphatic rings. The van der Waals surface area contributed by atoms with E-state index in [0.717, 1.165) is 62.8 Å². The number of para-hydroxylation sites is 1. The van der Waals surface area contributed by atoms with Crippen LogP contribution in [0.1, 0.15) is 52.6 Å². The number of methoxy groups -OCH3 is 2. The van der Waals surface area contributed by atoms with Gasteiger partial charge in [0.25, 0.3) is 0 Å². The van der Waals surface area contributed by atoms with Crippen LogP contribution in [-0.4, -0.2) is 37.3 Å². The van der Waals surface area contributed by atoms with Crippen molar-refractivity contribution in [2.24, 2.45) is 5.73 Å². The van der Waals surface area contributed by atoms with E-state index < -0.39 is 0 Å². The lowest BCUT2D eigenvalue weighted by Crippen LogP contribution is -2.21. The molecule has 0 saturated carbocycles. The number of rotatable bonds is 8. The van der Waals surface area contributed by atoms with Gasteiger partial charge >= 0.3 is 0 Å². The summed E-state index contributed by atoms with van der Waals surface area (Å²) in [6.45, 7) is 3.22. The SMILES string of the molecule is COc1cc([C@H](CCN)C(c2cc3cc(Br)ccc3nc2OC)c2cccc3c2OCCC3)cc(C)n1. The number of hydrogen-bond donors (Lipinski definition) is 1. The number of nitrogens with two attached hydrogens (primary N) is 1. The number of pyridine rings is 2. The lowest BCUT2D eigenvalue weighted by Gasteiger charge is -2.32. The quantitative estimate of drug-likeness (QED) is 0.271. The third-order valence-electron chi connectivity index (χ3n) is 7.07. The van der Waals surface area contributed by atoms with E-state index in [4.69, 9.17) is 24.9 Å². The molecule has 5 rings (SSSR count). The fraction of sp³-hybridized carbons (Fsp3) is 0.333. The Labute approximate surface area is 226 Å². The summed E-state index contributed by atoms with van der Waals surface area (Å²) < 4.78 is 18.8. The summed E-state index contributed by atoms with van der Waals surface area (Å²) in [5.74, 6) is 2.06. The number of aromatic nitrogens is 2. The summed E-state index contributed by atoms with van der Waals surface area (Å²) in [4.78, 5) is 9.46. The average molecular weight is 563 g/mol. The van der Waals surface area contributed by atoms with Gasteiger partial charge < -0.3 is 19.9 Å². The highest BCUT2D eigenvalue weighted by Crippen LogP contribution is 2.48. The second-order valence-electron chi connectivity index (χ2n) is 9.46. The maximum atomic E-state index is 6.33. The molecule has 0 amide bonds. The van der Waals surface area contributed by atoms with Crippen LogP contribution in [0, 0.1) is 6.92 Å². The predicted octanol–water partition coefficient (Wildman–Crippen LogP) is 6.31. The monoisotopic (exact) mass is 561 g/mol. The minimum Gasteiger partial charge on any atom is -0.493 e. The van der Waals surface area contributed by atoms with Gasteiger partial charge in [-0.05, 0) is 80.1 Å². The van der Waals surface area contributed by atoms with Gasteiger partial charge in [-0.25, -0.2) is 9.97 Å². The van der Waals surface area contributed by atoms with E-state index in [1.54, 1.807) is 14.2 Å². The van der Waals surface area contributed by atoms with Crippen LogP contribution in [0.5, 0.6) is 17.5 Å². The van der Waals surface area contributed by atoms with Gasteiger partial charge in [0.2, 0.25) is 11.8 Å². The summed E-state index contributed by atoms with van der Waals surface area (Å²) >= 11 is 3.62. The van der Waals surface area contributed by atoms with E-state index in [9.17, 15) is 0 Å². The molecule has 0 radical (unpaired) electrons. The number of halogens is 1. The van der Waals surface area contributed by atoms with Gasteiger partial charge in [-0.1, -0.05) is 34.1 Å². The molecule has 2 N–H and O–H groups in total. The minimum atomic E-state index is -0.117. The van der Waals surface area contributed by atoms with Gasteiger partial charge in [0.1, 0.15) is 5.75 Å². The molecule has 1 unspecified atom stereocenters. The van der Waals surface area contributed by atoms with Crippen molar-refractivity contribution >= 4 is 26.8 Å². The normalized spacial score (nSPS) is 14.5. The first kappa shape index (κ1) is 25.5. The molecule has 2 aromatic carbocycles. The Bertz CT molecular complexity index is 1430. The molecule has 0 fully saturated rings. The van der Waals surface area contributed by atoms with Crippen molar-refractivity contribution < 1.29 is 14.2 Å². The van der Waals surface area contributed by atoms with Crippen LogP contribution in [0.4, 0.5) is 0 Å². The van der Waals surface area contributed by atoms with E-state index in [1.165, 1.54) is 5.56 Å². The lowest BCUT2D eigenvalue weighted by atomic mass is 9.74.